The van der Waals surface area contributed by atoms with Gasteiger partial charge in [0, 0.05) is 12.2 Å². The number of rotatable bonds is 4. The third-order valence-corrected chi connectivity index (χ3v) is 4.11. The van der Waals surface area contributed by atoms with Crippen LogP contribution in [0.25, 0.3) is 0 Å². The van der Waals surface area contributed by atoms with Crippen molar-refractivity contribution in [2.45, 2.75) is 40.0 Å². The summed E-state index contributed by atoms with van der Waals surface area (Å²) in [6.07, 6.45) is 3.44. The van der Waals surface area contributed by atoms with Gasteiger partial charge in [0.25, 0.3) is 0 Å². The SMILES string of the molecule is CCc1cccc(C)c1NC(=O)CN1CCC[C@H](C)C1. The summed E-state index contributed by atoms with van der Waals surface area (Å²) in [5.74, 6) is 0.823. The van der Waals surface area contributed by atoms with Crippen LogP contribution < -0.4 is 5.32 Å². The van der Waals surface area contributed by atoms with Gasteiger partial charge in [0.05, 0.1) is 6.54 Å². The number of carbonyl (C=O) groups is 1. The number of anilines is 1. The summed E-state index contributed by atoms with van der Waals surface area (Å²) in [6, 6.07) is 6.19. The van der Waals surface area contributed by atoms with E-state index in [-0.39, 0.29) is 5.91 Å². The molecule has 1 atom stereocenters. The van der Waals surface area contributed by atoms with Crippen molar-refractivity contribution >= 4 is 11.6 Å². The van der Waals surface area contributed by atoms with Crippen molar-refractivity contribution in [1.82, 2.24) is 4.90 Å². The van der Waals surface area contributed by atoms with E-state index in [2.05, 4.69) is 49.2 Å². The number of likely N-dealkylation sites (tertiary alicyclic amines) is 1. The van der Waals surface area contributed by atoms with Gasteiger partial charge in [-0.3, -0.25) is 9.69 Å². The van der Waals surface area contributed by atoms with Crippen LogP contribution in [0.15, 0.2) is 18.2 Å². The molecule has 1 aliphatic rings. The summed E-state index contributed by atoms with van der Waals surface area (Å²) in [4.78, 5) is 14.5. The first-order chi connectivity index (χ1) is 9.60. The van der Waals surface area contributed by atoms with Crippen LogP contribution in [0, 0.1) is 12.8 Å². The average Bonchev–Trinajstić information content (AvgIpc) is 2.41. The number of nitrogens with one attached hydrogen (secondary N) is 1. The number of carbonyl (C=O) groups excluding carboxylic acids is 1. The first-order valence-corrected chi connectivity index (χ1v) is 7.70. The lowest BCUT2D eigenvalue weighted by Crippen LogP contribution is -2.39. The summed E-state index contributed by atoms with van der Waals surface area (Å²) in [5, 5.41) is 3.11. The number of amides is 1. The van der Waals surface area contributed by atoms with Gasteiger partial charge < -0.3 is 5.32 Å². The molecular weight excluding hydrogens is 248 g/mol. The summed E-state index contributed by atoms with van der Waals surface area (Å²) < 4.78 is 0. The van der Waals surface area contributed by atoms with Crippen LogP contribution >= 0.6 is 0 Å². The van der Waals surface area contributed by atoms with Gasteiger partial charge in [-0.25, -0.2) is 0 Å². The highest BCUT2D eigenvalue weighted by atomic mass is 16.2. The Morgan fingerprint density at radius 1 is 1.45 bits per heavy atom. The monoisotopic (exact) mass is 274 g/mol. The number of hydrogen-bond donors (Lipinski definition) is 1. The Hall–Kier alpha value is -1.35. The topological polar surface area (TPSA) is 32.3 Å². The molecule has 1 aromatic carbocycles. The summed E-state index contributed by atoms with van der Waals surface area (Å²) in [5.41, 5.74) is 3.36. The number of benzene rings is 1. The number of nitrogens with zero attached hydrogens (tertiary/aromatic N) is 1. The van der Waals surface area contributed by atoms with Crippen molar-refractivity contribution in [2.75, 3.05) is 25.0 Å². The average molecular weight is 274 g/mol. The zero-order chi connectivity index (χ0) is 14.5. The minimum Gasteiger partial charge on any atom is -0.324 e. The van der Waals surface area contributed by atoms with E-state index in [0.29, 0.717) is 12.5 Å². The van der Waals surface area contributed by atoms with Gasteiger partial charge in [0.15, 0.2) is 0 Å². The number of piperidine rings is 1. The molecule has 3 heteroatoms. The molecule has 3 nitrogen and oxygen atoms in total. The fraction of sp³-hybridized carbons (Fsp3) is 0.588. The zero-order valence-corrected chi connectivity index (χ0v) is 12.9. The second-order valence-electron chi connectivity index (χ2n) is 5.99. The van der Waals surface area contributed by atoms with Crippen LogP contribution in [0.2, 0.25) is 0 Å². The molecule has 110 valence electrons. The van der Waals surface area contributed by atoms with E-state index in [1.54, 1.807) is 0 Å². The van der Waals surface area contributed by atoms with Gasteiger partial charge in [0.1, 0.15) is 0 Å². The van der Waals surface area contributed by atoms with E-state index in [9.17, 15) is 4.79 Å². The highest BCUT2D eigenvalue weighted by Gasteiger charge is 2.19. The van der Waals surface area contributed by atoms with Crippen LogP contribution in [-0.4, -0.2) is 30.4 Å². The van der Waals surface area contributed by atoms with Gasteiger partial charge in [-0.15, -0.1) is 0 Å². The lowest BCUT2D eigenvalue weighted by atomic mass is 10.0. The van der Waals surface area contributed by atoms with Crippen LogP contribution in [-0.2, 0) is 11.2 Å². The molecular formula is C17H26N2O. The normalized spacial score (nSPS) is 19.9. The van der Waals surface area contributed by atoms with Crippen molar-refractivity contribution in [3.63, 3.8) is 0 Å². The van der Waals surface area contributed by atoms with E-state index in [0.717, 1.165) is 30.8 Å². The molecule has 1 aliphatic heterocycles. The van der Waals surface area contributed by atoms with E-state index in [1.807, 2.05) is 0 Å². The van der Waals surface area contributed by atoms with Gasteiger partial charge in [-0.05, 0) is 49.8 Å². The molecule has 0 unspecified atom stereocenters. The van der Waals surface area contributed by atoms with E-state index in [1.165, 1.54) is 18.4 Å². The molecule has 2 rings (SSSR count). The highest BCUT2D eigenvalue weighted by Crippen LogP contribution is 2.21. The summed E-state index contributed by atoms with van der Waals surface area (Å²) in [6.45, 7) is 9.05. The van der Waals surface area contributed by atoms with E-state index in [4.69, 9.17) is 0 Å². The molecule has 0 spiro atoms. The van der Waals surface area contributed by atoms with Crippen LogP contribution in [0.4, 0.5) is 5.69 Å². The second-order valence-corrected chi connectivity index (χ2v) is 5.99. The minimum absolute atomic E-state index is 0.114. The second kappa shape index (κ2) is 6.89. The fourth-order valence-corrected chi connectivity index (χ4v) is 3.01. The predicted molar refractivity (Wildman–Crippen MR) is 84.0 cm³/mol. The van der Waals surface area contributed by atoms with Crippen LogP contribution in [0.3, 0.4) is 0 Å². The summed E-state index contributed by atoms with van der Waals surface area (Å²) in [7, 11) is 0. The summed E-state index contributed by atoms with van der Waals surface area (Å²) >= 11 is 0. The predicted octanol–water partition coefficient (Wildman–Crippen LogP) is 3.23. The largest absolute Gasteiger partial charge is 0.324 e. The first kappa shape index (κ1) is 15.0. The van der Waals surface area contributed by atoms with Crippen LogP contribution in [0.5, 0.6) is 0 Å². The highest BCUT2D eigenvalue weighted by molar-refractivity contribution is 5.93. The third kappa shape index (κ3) is 3.83. The Morgan fingerprint density at radius 2 is 2.25 bits per heavy atom. The molecule has 0 aromatic heterocycles. The molecule has 1 fully saturated rings. The Labute approximate surface area is 122 Å². The maximum absolute atomic E-state index is 12.3. The molecule has 0 saturated carbocycles. The Kier molecular flexibility index (Phi) is 5.18. The minimum atomic E-state index is 0.114. The lowest BCUT2D eigenvalue weighted by Gasteiger charge is -2.30. The third-order valence-electron chi connectivity index (χ3n) is 4.11. The van der Waals surface area contributed by atoms with Crippen LogP contribution in [0.1, 0.15) is 37.8 Å². The maximum atomic E-state index is 12.3. The first-order valence-electron chi connectivity index (χ1n) is 7.70. The lowest BCUT2D eigenvalue weighted by molar-refractivity contribution is -0.117. The van der Waals surface area contributed by atoms with Gasteiger partial charge in [-0.2, -0.15) is 0 Å². The molecule has 0 aliphatic carbocycles. The molecule has 1 N–H and O–H groups in total. The number of hydrogen-bond acceptors (Lipinski definition) is 2. The zero-order valence-electron chi connectivity index (χ0n) is 12.9. The number of para-hydroxylation sites is 1. The molecule has 1 saturated heterocycles. The maximum Gasteiger partial charge on any atom is 0.238 e. The quantitative estimate of drug-likeness (QED) is 0.914. The van der Waals surface area contributed by atoms with E-state index >= 15 is 0 Å². The Bertz CT molecular complexity index is 470. The van der Waals surface area contributed by atoms with Crippen molar-refractivity contribution in [1.29, 1.82) is 0 Å². The van der Waals surface area contributed by atoms with Gasteiger partial charge in [0.2, 0.25) is 5.91 Å². The Balaban J connectivity index is 1.98. The van der Waals surface area contributed by atoms with Gasteiger partial charge in [-0.1, -0.05) is 32.0 Å². The number of aryl methyl sites for hydroxylation is 2. The molecule has 1 heterocycles. The van der Waals surface area contributed by atoms with Crippen molar-refractivity contribution in [3.8, 4) is 0 Å². The molecule has 0 radical (unpaired) electrons. The Morgan fingerprint density at radius 3 is 2.95 bits per heavy atom. The van der Waals surface area contributed by atoms with E-state index < -0.39 is 0 Å². The van der Waals surface area contributed by atoms with Crippen molar-refractivity contribution in [3.05, 3.63) is 29.3 Å². The standard InChI is InChI=1S/C17H26N2O/c1-4-15-9-5-8-14(3)17(15)18-16(20)12-19-10-6-7-13(2)11-19/h5,8-9,13H,4,6-7,10-12H2,1-3H3,(H,18,20)/t13-/m0/s1. The smallest absolute Gasteiger partial charge is 0.238 e. The van der Waals surface area contributed by atoms with Gasteiger partial charge >= 0.3 is 0 Å². The molecule has 1 amide bonds. The molecule has 1 aromatic rings. The molecule has 20 heavy (non-hydrogen) atoms. The van der Waals surface area contributed by atoms with Crippen molar-refractivity contribution < 1.29 is 4.79 Å². The fourth-order valence-electron chi connectivity index (χ4n) is 3.01. The molecule has 0 bridgehead atoms. The van der Waals surface area contributed by atoms with Crippen molar-refractivity contribution in [2.24, 2.45) is 5.92 Å².